The molecule has 0 amide bonds. The molecule has 0 radical (unpaired) electrons. The number of anilines is 2. The van der Waals surface area contributed by atoms with Crippen molar-refractivity contribution in [3.8, 4) is 5.75 Å². The molecular weight excluding hydrogens is 387 g/mol. The number of fused-ring (bicyclic) bond motifs is 1. The fourth-order valence-electron chi connectivity index (χ4n) is 3.00. The molecule has 2 aromatic carbocycles. The summed E-state index contributed by atoms with van der Waals surface area (Å²) in [7, 11) is -2.80. The van der Waals surface area contributed by atoms with E-state index in [0.717, 1.165) is 16.4 Å². The number of carbonyl (C=O) groups is 1. The topological polar surface area (TPSA) is 98.9 Å². The van der Waals surface area contributed by atoms with Crippen LogP contribution < -0.4 is 14.8 Å². The molecule has 0 saturated heterocycles. The Labute approximate surface area is 162 Å². The van der Waals surface area contributed by atoms with Gasteiger partial charge >= 0.3 is 5.97 Å². The third-order valence-electron chi connectivity index (χ3n) is 4.77. The number of rotatable bonds is 4. The minimum Gasteiger partial charge on any atom is -0.485 e. The zero-order valence-corrected chi connectivity index (χ0v) is 16.5. The summed E-state index contributed by atoms with van der Waals surface area (Å²) in [4.78, 5) is 12.1. The highest BCUT2D eigenvalue weighted by Gasteiger charge is 2.46. The van der Waals surface area contributed by atoms with Crippen molar-refractivity contribution in [2.45, 2.75) is 24.8 Å². The number of nitrogens with two attached hydrogens (primary N) is 1. The number of methoxy groups -OCH3 is 1. The highest BCUT2D eigenvalue weighted by Crippen LogP contribution is 2.42. The molecule has 0 bridgehead atoms. The Balaban J connectivity index is 2.12. The minimum absolute atomic E-state index is 0.0844. The predicted molar refractivity (Wildman–Crippen MR) is 102 cm³/mol. The van der Waals surface area contributed by atoms with E-state index in [0.29, 0.717) is 5.69 Å². The van der Waals surface area contributed by atoms with Crippen LogP contribution in [-0.4, -0.2) is 34.1 Å². The summed E-state index contributed by atoms with van der Waals surface area (Å²) < 4.78 is 51.7. The van der Waals surface area contributed by atoms with E-state index in [9.17, 15) is 17.6 Å². The lowest BCUT2D eigenvalue weighted by atomic mass is 9.85. The number of halogens is 1. The first-order valence-electron chi connectivity index (χ1n) is 8.50. The number of sulfonamides is 1. The van der Waals surface area contributed by atoms with Crippen LogP contribution in [0.4, 0.5) is 15.8 Å². The second-order valence-electron chi connectivity index (χ2n) is 7.04. The van der Waals surface area contributed by atoms with Gasteiger partial charge in [-0.25, -0.2) is 12.8 Å². The molecule has 1 aliphatic rings. The van der Waals surface area contributed by atoms with Crippen LogP contribution in [0, 0.1) is 11.2 Å². The maximum atomic E-state index is 13.3. The Morgan fingerprint density at radius 1 is 1.25 bits per heavy atom. The summed E-state index contributed by atoms with van der Waals surface area (Å²) in [5.41, 5.74) is 5.32. The standard InChI is InChI=1S/C19H21FN2O5S/c1-19(2,18(23)26-3)17-11-22(15-10-13(21)6-9-16(15)27-17)28(24,25)14-7-4-12(20)5-8-14/h4-10,17H,11,21H2,1-3H3. The highest BCUT2D eigenvalue weighted by atomic mass is 32.2. The number of nitrogens with zero attached hydrogens (tertiary/aromatic N) is 1. The molecule has 1 atom stereocenters. The lowest BCUT2D eigenvalue weighted by molar-refractivity contribution is -0.156. The SMILES string of the molecule is COC(=O)C(C)(C)C1CN(S(=O)(=O)c2ccc(F)cc2)c2cc(N)ccc2O1. The molecular formula is C19H21FN2O5S. The third-order valence-corrected chi connectivity index (χ3v) is 6.56. The molecule has 2 aromatic rings. The Morgan fingerprint density at radius 2 is 1.89 bits per heavy atom. The maximum absolute atomic E-state index is 13.3. The van der Waals surface area contributed by atoms with E-state index in [-0.39, 0.29) is 22.9 Å². The molecule has 9 heteroatoms. The number of hydrogen-bond acceptors (Lipinski definition) is 6. The molecule has 0 aliphatic carbocycles. The highest BCUT2D eigenvalue weighted by molar-refractivity contribution is 7.92. The van der Waals surface area contributed by atoms with Crippen molar-refractivity contribution < 1.29 is 27.1 Å². The average molecular weight is 408 g/mol. The molecule has 2 N–H and O–H groups in total. The Hall–Kier alpha value is -2.81. The van der Waals surface area contributed by atoms with Crippen LogP contribution in [0.25, 0.3) is 0 Å². The summed E-state index contributed by atoms with van der Waals surface area (Å²) in [6, 6.07) is 9.14. The van der Waals surface area contributed by atoms with Crippen LogP contribution in [0.3, 0.4) is 0 Å². The van der Waals surface area contributed by atoms with Crippen LogP contribution in [0.1, 0.15) is 13.8 Å². The van der Waals surface area contributed by atoms with Crippen LogP contribution >= 0.6 is 0 Å². The van der Waals surface area contributed by atoms with Crippen molar-refractivity contribution in [1.82, 2.24) is 0 Å². The largest absolute Gasteiger partial charge is 0.485 e. The average Bonchev–Trinajstić information content (AvgIpc) is 2.66. The van der Waals surface area contributed by atoms with Crippen molar-refractivity contribution in [3.63, 3.8) is 0 Å². The molecule has 0 saturated carbocycles. The number of carbonyl (C=O) groups excluding carboxylic acids is 1. The molecule has 1 aliphatic heterocycles. The van der Waals surface area contributed by atoms with Gasteiger partial charge in [0.2, 0.25) is 0 Å². The van der Waals surface area contributed by atoms with E-state index in [1.807, 2.05) is 0 Å². The van der Waals surface area contributed by atoms with Gasteiger partial charge < -0.3 is 15.2 Å². The van der Waals surface area contributed by atoms with Gasteiger partial charge in [-0.15, -0.1) is 0 Å². The third kappa shape index (κ3) is 3.37. The molecule has 0 aromatic heterocycles. The first-order chi connectivity index (χ1) is 13.1. The quantitative estimate of drug-likeness (QED) is 0.617. The number of nitrogen functional groups attached to an aromatic ring is 1. The molecule has 1 heterocycles. The van der Waals surface area contributed by atoms with Crippen molar-refractivity contribution in [3.05, 3.63) is 48.3 Å². The van der Waals surface area contributed by atoms with Gasteiger partial charge in [-0.3, -0.25) is 9.10 Å². The van der Waals surface area contributed by atoms with Crippen LogP contribution in [-0.2, 0) is 19.6 Å². The lowest BCUT2D eigenvalue weighted by Crippen LogP contribution is -2.52. The number of ether oxygens (including phenoxy) is 2. The summed E-state index contributed by atoms with van der Waals surface area (Å²) in [6.45, 7) is 3.10. The summed E-state index contributed by atoms with van der Waals surface area (Å²) in [5.74, 6) is -0.807. The first-order valence-corrected chi connectivity index (χ1v) is 9.94. The van der Waals surface area contributed by atoms with Crippen molar-refractivity contribution in [2.24, 2.45) is 5.41 Å². The van der Waals surface area contributed by atoms with E-state index in [2.05, 4.69) is 0 Å². The van der Waals surface area contributed by atoms with E-state index in [1.54, 1.807) is 26.0 Å². The van der Waals surface area contributed by atoms with Crippen LogP contribution in [0.2, 0.25) is 0 Å². The fourth-order valence-corrected chi connectivity index (χ4v) is 4.47. The molecule has 28 heavy (non-hydrogen) atoms. The Bertz CT molecular complexity index is 1010. The van der Waals surface area contributed by atoms with Crippen molar-refractivity contribution >= 4 is 27.4 Å². The first kappa shape index (κ1) is 19.9. The van der Waals surface area contributed by atoms with E-state index >= 15 is 0 Å². The molecule has 1 unspecified atom stereocenters. The van der Waals surface area contributed by atoms with Gasteiger partial charge in [0.1, 0.15) is 23.1 Å². The Kier molecular flexibility index (Phi) is 4.97. The van der Waals surface area contributed by atoms with E-state index in [4.69, 9.17) is 15.2 Å². The molecule has 0 fully saturated rings. The summed E-state index contributed by atoms with van der Waals surface area (Å²) in [6.07, 6.45) is -0.814. The van der Waals surface area contributed by atoms with Gasteiger partial charge in [-0.1, -0.05) is 0 Å². The van der Waals surface area contributed by atoms with Gasteiger partial charge in [0.05, 0.1) is 24.2 Å². The van der Waals surface area contributed by atoms with Gasteiger partial charge in [0, 0.05) is 5.69 Å². The van der Waals surface area contributed by atoms with Crippen molar-refractivity contribution in [2.75, 3.05) is 23.7 Å². The lowest BCUT2D eigenvalue weighted by Gasteiger charge is -2.41. The summed E-state index contributed by atoms with van der Waals surface area (Å²) >= 11 is 0. The minimum atomic E-state index is -4.06. The predicted octanol–water partition coefficient (Wildman–Crippen LogP) is 2.56. The normalized spacial score (nSPS) is 16.9. The Morgan fingerprint density at radius 3 is 2.50 bits per heavy atom. The van der Waals surface area contributed by atoms with E-state index < -0.39 is 33.3 Å². The number of esters is 1. The molecule has 0 spiro atoms. The maximum Gasteiger partial charge on any atom is 0.315 e. The fraction of sp³-hybridized carbons (Fsp3) is 0.316. The van der Waals surface area contributed by atoms with Crippen molar-refractivity contribution in [1.29, 1.82) is 0 Å². The second kappa shape index (κ2) is 6.97. The monoisotopic (exact) mass is 408 g/mol. The molecule has 3 rings (SSSR count). The zero-order chi connectivity index (χ0) is 20.7. The van der Waals surface area contributed by atoms with Crippen LogP contribution in [0.5, 0.6) is 5.75 Å². The van der Waals surface area contributed by atoms with Gasteiger partial charge in [-0.05, 0) is 56.3 Å². The van der Waals surface area contributed by atoms with Gasteiger partial charge in [0.15, 0.2) is 0 Å². The number of benzene rings is 2. The molecule has 7 nitrogen and oxygen atoms in total. The summed E-state index contributed by atoms with van der Waals surface area (Å²) in [5, 5.41) is 0. The van der Waals surface area contributed by atoms with E-state index in [1.165, 1.54) is 25.3 Å². The smallest absolute Gasteiger partial charge is 0.315 e. The molecule has 150 valence electrons. The van der Waals surface area contributed by atoms with Gasteiger partial charge in [-0.2, -0.15) is 0 Å². The zero-order valence-electron chi connectivity index (χ0n) is 15.7. The van der Waals surface area contributed by atoms with Gasteiger partial charge in [0.25, 0.3) is 10.0 Å². The number of hydrogen-bond donors (Lipinski definition) is 1. The second-order valence-corrected chi connectivity index (χ2v) is 8.90. The van der Waals surface area contributed by atoms with Crippen LogP contribution in [0.15, 0.2) is 47.4 Å².